The Labute approximate surface area is 592 Å². The van der Waals surface area contributed by atoms with Gasteiger partial charge in [0.15, 0.2) is 12.2 Å². The number of carbonyl (C=O) groups is 4. The van der Waals surface area contributed by atoms with E-state index in [1.807, 2.05) is 0 Å². The molecule has 0 fully saturated rings. The molecule has 0 saturated heterocycles. The lowest BCUT2D eigenvalue weighted by Crippen LogP contribution is -2.30. The molecule has 0 heterocycles. The van der Waals surface area contributed by atoms with Crippen molar-refractivity contribution in [3.05, 3.63) is 24.3 Å². The van der Waals surface area contributed by atoms with E-state index in [-0.39, 0.29) is 25.7 Å². The summed E-state index contributed by atoms with van der Waals surface area (Å²) in [6.07, 6.45) is 63.0. The van der Waals surface area contributed by atoms with Gasteiger partial charge in [-0.3, -0.25) is 37.3 Å². The van der Waals surface area contributed by atoms with Crippen LogP contribution in [0.1, 0.15) is 388 Å². The van der Waals surface area contributed by atoms with Gasteiger partial charge in [-0.15, -0.1) is 0 Å². The molecule has 17 nitrogen and oxygen atoms in total. The Morgan fingerprint density at radius 2 is 0.557 bits per heavy atom. The zero-order valence-corrected chi connectivity index (χ0v) is 64.5. The van der Waals surface area contributed by atoms with Gasteiger partial charge in [0.2, 0.25) is 0 Å². The fourth-order valence-electron chi connectivity index (χ4n) is 11.5. The number of phosphoric ester groups is 2. The molecule has 0 saturated carbocycles. The van der Waals surface area contributed by atoms with E-state index >= 15 is 0 Å². The number of unbranched alkanes of at least 4 members (excludes halogenated alkanes) is 45. The van der Waals surface area contributed by atoms with Gasteiger partial charge in [-0.1, -0.05) is 335 Å². The molecule has 0 amide bonds. The van der Waals surface area contributed by atoms with Gasteiger partial charge in [-0.05, 0) is 57.3 Å². The third kappa shape index (κ3) is 71.7. The Balaban J connectivity index is 5.30. The zero-order valence-electron chi connectivity index (χ0n) is 62.7. The summed E-state index contributed by atoms with van der Waals surface area (Å²) < 4.78 is 68.6. The van der Waals surface area contributed by atoms with Crippen LogP contribution in [0.25, 0.3) is 0 Å². The third-order valence-corrected chi connectivity index (χ3v) is 19.6. The number of allylic oxidation sites excluding steroid dienone is 4. The molecule has 572 valence electrons. The number of hydrogen-bond acceptors (Lipinski definition) is 15. The number of rotatable bonds is 76. The highest BCUT2D eigenvalue weighted by Crippen LogP contribution is 2.45. The van der Waals surface area contributed by atoms with Crippen LogP contribution in [-0.2, 0) is 65.4 Å². The fraction of sp³-hybridized carbons (Fsp3) is 0.897. The zero-order chi connectivity index (χ0) is 71.2. The Morgan fingerprint density at radius 3 is 0.845 bits per heavy atom. The number of hydrogen-bond donors (Lipinski definition) is 3. The molecule has 0 aliphatic rings. The highest BCUT2D eigenvalue weighted by Gasteiger charge is 2.30. The summed E-state index contributed by atoms with van der Waals surface area (Å²) in [7, 11) is -9.93. The van der Waals surface area contributed by atoms with Crippen LogP contribution >= 0.6 is 15.6 Å². The molecule has 0 rings (SSSR count). The largest absolute Gasteiger partial charge is 0.472 e. The first-order valence-corrected chi connectivity index (χ1v) is 42.9. The third-order valence-electron chi connectivity index (χ3n) is 17.7. The summed E-state index contributed by atoms with van der Waals surface area (Å²) in [4.78, 5) is 72.9. The number of phosphoric acid groups is 2. The number of aliphatic hydroxyl groups is 1. The van der Waals surface area contributed by atoms with Crippen molar-refractivity contribution in [1.29, 1.82) is 0 Å². The predicted octanol–water partition coefficient (Wildman–Crippen LogP) is 22.8. The lowest BCUT2D eigenvalue weighted by molar-refractivity contribution is -0.161. The average Bonchev–Trinajstić information content (AvgIpc) is 3.42. The van der Waals surface area contributed by atoms with Crippen LogP contribution in [0.4, 0.5) is 0 Å². The maximum absolute atomic E-state index is 13.1. The summed E-state index contributed by atoms with van der Waals surface area (Å²) in [5.74, 6) is -1.38. The van der Waals surface area contributed by atoms with Gasteiger partial charge in [0.05, 0.1) is 26.4 Å². The Hall–Kier alpha value is -2.46. The molecule has 5 atom stereocenters. The molecule has 3 N–H and O–H groups in total. The SMILES string of the molecule is CCCCCC/C=C\C=C/CCCCCCCC(=O)O[C@H](COC(=O)CCCCCCCCCCCCCCCCC)COP(=O)(O)OC[C@@H](O)COP(=O)(O)OC[C@@H](COC(=O)CCCCCCCCCCCCCCC)OC(=O)CCCCCCCCCCCCCC(C)C. The monoisotopic (exact) mass is 1420 g/mol. The van der Waals surface area contributed by atoms with Crippen molar-refractivity contribution in [2.75, 3.05) is 39.6 Å². The lowest BCUT2D eigenvalue weighted by Gasteiger charge is -2.21. The van der Waals surface area contributed by atoms with E-state index < -0.39 is 97.5 Å². The molecule has 0 radical (unpaired) electrons. The summed E-state index contributed by atoms with van der Waals surface area (Å²) in [6.45, 7) is 7.25. The van der Waals surface area contributed by atoms with Crippen molar-refractivity contribution < 1.29 is 80.2 Å². The van der Waals surface area contributed by atoms with E-state index in [1.165, 1.54) is 199 Å². The molecular weight excluding hydrogens is 1270 g/mol. The molecule has 97 heavy (non-hydrogen) atoms. The molecule has 0 spiro atoms. The van der Waals surface area contributed by atoms with Gasteiger partial charge < -0.3 is 33.8 Å². The van der Waals surface area contributed by atoms with Crippen molar-refractivity contribution in [3.63, 3.8) is 0 Å². The number of aliphatic hydroxyl groups excluding tert-OH is 1. The van der Waals surface area contributed by atoms with Crippen molar-refractivity contribution in [3.8, 4) is 0 Å². The summed E-state index contributed by atoms with van der Waals surface area (Å²) >= 11 is 0. The second-order valence-corrected chi connectivity index (χ2v) is 30.8. The normalized spacial score (nSPS) is 14.1. The second kappa shape index (κ2) is 70.6. The Bertz CT molecular complexity index is 1950. The molecule has 0 aromatic rings. The van der Waals surface area contributed by atoms with Gasteiger partial charge in [-0.2, -0.15) is 0 Å². The van der Waals surface area contributed by atoms with Gasteiger partial charge in [-0.25, -0.2) is 9.13 Å². The van der Waals surface area contributed by atoms with E-state index in [9.17, 15) is 43.2 Å². The number of esters is 4. The molecule has 0 aromatic heterocycles. The maximum Gasteiger partial charge on any atom is 0.472 e. The highest BCUT2D eigenvalue weighted by molar-refractivity contribution is 7.47. The second-order valence-electron chi connectivity index (χ2n) is 27.9. The Kier molecular flexibility index (Phi) is 68.8. The van der Waals surface area contributed by atoms with Crippen molar-refractivity contribution >= 4 is 39.5 Å². The van der Waals surface area contributed by atoms with E-state index in [0.717, 1.165) is 109 Å². The Morgan fingerprint density at radius 1 is 0.320 bits per heavy atom. The van der Waals surface area contributed by atoms with Gasteiger partial charge in [0.1, 0.15) is 19.3 Å². The van der Waals surface area contributed by atoms with Crippen LogP contribution in [0.15, 0.2) is 24.3 Å². The van der Waals surface area contributed by atoms with Crippen LogP contribution in [0.3, 0.4) is 0 Å². The highest BCUT2D eigenvalue weighted by atomic mass is 31.2. The first-order chi connectivity index (χ1) is 47.0. The van der Waals surface area contributed by atoms with E-state index in [2.05, 4.69) is 58.9 Å². The lowest BCUT2D eigenvalue weighted by atomic mass is 10.0. The smallest absolute Gasteiger partial charge is 0.462 e. The molecule has 0 aromatic carbocycles. The van der Waals surface area contributed by atoms with E-state index in [0.29, 0.717) is 25.7 Å². The van der Waals surface area contributed by atoms with Gasteiger partial charge >= 0.3 is 39.5 Å². The van der Waals surface area contributed by atoms with E-state index in [1.54, 1.807) is 0 Å². The maximum atomic E-state index is 13.1. The minimum absolute atomic E-state index is 0.0858. The quantitative estimate of drug-likeness (QED) is 0.0169. The van der Waals surface area contributed by atoms with E-state index in [4.69, 9.17) is 37.0 Å². The summed E-state index contributed by atoms with van der Waals surface area (Å²) in [5.41, 5.74) is 0. The van der Waals surface area contributed by atoms with Crippen LogP contribution < -0.4 is 0 Å². The van der Waals surface area contributed by atoms with Crippen LogP contribution in [0.2, 0.25) is 0 Å². The minimum Gasteiger partial charge on any atom is -0.462 e. The molecular formula is C78H148O17P2. The average molecular weight is 1420 g/mol. The van der Waals surface area contributed by atoms with Crippen molar-refractivity contribution in [1.82, 2.24) is 0 Å². The van der Waals surface area contributed by atoms with Gasteiger partial charge in [0.25, 0.3) is 0 Å². The number of ether oxygens (including phenoxy) is 4. The standard InChI is InChI=1S/C78H148O17P2/c1-6-9-12-15-18-21-24-27-29-32-37-42-47-52-57-62-76(81)89-67-73(94-77(82)63-58-53-48-43-38-33-30-28-25-22-19-16-13-10-7-2)69-92-96(84,85)90-65-72(79)66-91-97(86,87)93-70-74(68-88-75(80)61-56-51-46-41-36-31-26-23-20-17-14-11-8-3)95-78(83)64-59-54-49-44-39-34-35-40-45-50-55-60-71(4)5/h22,25,28,30,71-74,79H,6-21,23-24,26-27,29,31-70H2,1-5H3,(H,84,85)(H,86,87)/b25-22-,30-28-/t72-,73-,74-/m1/s1. The molecule has 0 aliphatic heterocycles. The minimum atomic E-state index is -4.97. The van der Waals surface area contributed by atoms with Crippen LogP contribution in [0, 0.1) is 5.92 Å². The molecule has 0 bridgehead atoms. The van der Waals surface area contributed by atoms with Crippen molar-refractivity contribution in [2.45, 2.75) is 406 Å². The van der Waals surface area contributed by atoms with Crippen LogP contribution in [-0.4, -0.2) is 96.7 Å². The van der Waals surface area contributed by atoms with Crippen LogP contribution in [0.5, 0.6) is 0 Å². The first-order valence-electron chi connectivity index (χ1n) is 40.0. The summed E-state index contributed by atoms with van der Waals surface area (Å²) in [5, 5.41) is 10.6. The number of carbonyl (C=O) groups excluding carboxylic acids is 4. The molecule has 19 heteroatoms. The summed E-state index contributed by atoms with van der Waals surface area (Å²) in [6, 6.07) is 0. The van der Waals surface area contributed by atoms with Crippen molar-refractivity contribution in [2.24, 2.45) is 5.92 Å². The van der Waals surface area contributed by atoms with Gasteiger partial charge in [0, 0.05) is 25.7 Å². The topological polar surface area (TPSA) is 237 Å². The molecule has 0 aliphatic carbocycles. The molecule has 2 unspecified atom stereocenters. The fourth-order valence-corrected chi connectivity index (χ4v) is 13.1. The predicted molar refractivity (Wildman–Crippen MR) is 395 cm³/mol. The first kappa shape index (κ1) is 94.5.